The second kappa shape index (κ2) is 10.1. The molecule has 0 bridgehead atoms. The number of hydrogen-bond acceptors (Lipinski definition) is 3. The molecule has 0 atom stereocenters. The first-order valence-electron chi connectivity index (χ1n) is 9.11. The fraction of sp³-hybridized carbons (Fsp3) is 0.700. The maximum absolute atomic E-state index is 9.29. The standard InChI is InChI=1S/C20H32O3/c21-15-19(16-22)9-12-20(10-5-2-6-11-20)13-14-23-17-18-7-3-1-4-8-18/h1,3-4,7-8,19,21-22H,2,5-6,9-17H2. The van der Waals surface area contributed by atoms with Crippen molar-refractivity contribution in [2.45, 2.75) is 58.0 Å². The predicted octanol–water partition coefficient (Wildman–Crippen LogP) is 3.92. The molecule has 1 aliphatic rings. The SMILES string of the molecule is OCC(CO)CCC1(CCOCc2ccccc2)CCCCC1. The van der Waals surface area contributed by atoms with Gasteiger partial charge in [-0.2, -0.15) is 0 Å². The highest BCUT2D eigenvalue weighted by Gasteiger charge is 2.32. The molecule has 0 aromatic heterocycles. The number of rotatable bonds is 10. The van der Waals surface area contributed by atoms with E-state index in [4.69, 9.17) is 4.74 Å². The van der Waals surface area contributed by atoms with E-state index in [0.29, 0.717) is 12.0 Å². The molecule has 0 amide bonds. The third-order valence-electron chi connectivity index (χ3n) is 5.40. The van der Waals surface area contributed by atoms with Crippen molar-refractivity contribution in [3.05, 3.63) is 35.9 Å². The summed E-state index contributed by atoms with van der Waals surface area (Å²) in [5.41, 5.74) is 1.59. The van der Waals surface area contributed by atoms with Gasteiger partial charge in [-0.25, -0.2) is 0 Å². The number of aliphatic hydroxyl groups is 2. The zero-order chi connectivity index (χ0) is 16.4. The maximum Gasteiger partial charge on any atom is 0.0716 e. The number of aliphatic hydroxyl groups excluding tert-OH is 2. The molecule has 1 aromatic carbocycles. The van der Waals surface area contributed by atoms with Crippen LogP contribution in [0.15, 0.2) is 30.3 Å². The lowest BCUT2D eigenvalue weighted by molar-refractivity contribution is 0.0501. The normalized spacial score (nSPS) is 17.5. The quantitative estimate of drug-likeness (QED) is 0.642. The van der Waals surface area contributed by atoms with Gasteiger partial charge in [0, 0.05) is 25.7 Å². The topological polar surface area (TPSA) is 49.7 Å². The summed E-state index contributed by atoms with van der Waals surface area (Å²) < 4.78 is 5.91. The second-order valence-electron chi connectivity index (χ2n) is 7.12. The summed E-state index contributed by atoms with van der Waals surface area (Å²) in [7, 11) is 0. The number of ether oxygens (including phenoxy) is 1. The van der Waals surface area contributed by atoms with Crippen LogP contribution >= 0.6 is 0 Å². The van der Waals surface area contributed by atoms with Crippen LogP contribution in [0.5, 0.6) is 0 Å². The van der Waals surface area contributed by atoms with Gasteiger partial charge in [0.25, 0.3) is 0 Å². The summed E-state index contributed by atoms with van der Waals surface area (Å²) in [4.78, 5) is 0. The van der Waals surface area contributed by atoms with E-state index in [0.717, 1.165) is 25.9 Å². The minimum atomic E-state index is 0.0408. The van der Waals surface area contributed by atoms with Gasteiger partial charge >= 0.3 is 0 Å². The molecule has 130 valence electrons. The molecule has 1 aromatic rings. The Hall–Kier alpha value is -0.900. The molecule has 0 aliphatic heterocycles. The molecular formula is C20H32O3. The first-order chi connectivity index (χ1) is 11.3. The lowest BCUT2D eigenvalue weighted by Crippen LogP contribution is -2.27. The van der Waals surface area contributed by atoms with Crippen molar-refractivity contribution in [3.8, 4) is 0 Å². The van der Waals surface area contributed by atoms with Gasteiger partial charge in [0.1, 0.15) is 0 Å². The van der Waals surface area contributed by atoms with Crippen molar-refractivity contribution in [1.82, 2.24) is 0 Å². The summed E-state index contributed by atoms with van der Waals surface area (Å²) in [6.07, 6.45) is 9.62. The molecule has 2 N–H and O–H groups in total. The molecule has 0 unspecified atom stereocenters. The molecule has 0 heterocycles. The lowest BCUT2D eigenvalue weighted by Gasteiger charge is -2.38. The van der Waals surface area contributed by atoms with Crippen LogP contribution in [0.2, 0.25) is 0 Å². The van der Waals surface area contributed by atoms with E-state index in [1.165, 1.54) is 37.7 Å². The highest BCUT2D eigenvalue weighted by Crippen LogP contribution is 2.43. The summed E-state index contributed by atoms with van der Waals surface area (Å²) >= 11 is 0. The third kappa shape index (κ3) is 6.25. The van der Waals surface area contributed by atoms with Crippen LogP contribution in [0.25, 0.3) is 0 Å². The van der Waals surface area contributed by atoms with Crippen LogP contribution in [0.1, 0.15) is 56.9 Å². The first-order valence-corrected chi connectivity index (χ1v) is 9.11. The van der Waals surface area contributed by atoms with Gasteiger partial charge < -0.3 is 14.9 Å². The van der Waals surface area contributed by atoms with E-state index in [1.54, 1.807) is 0 Å². The Labute approximate surface area is 140 Å². The highest BCUT2D eigenvalue weighted by atomic mass is 16.5. The summed E-state index contributed by atoms with van der Waals surface area (Å²) in [6, 6.07) is 10.3. The minimum absolute atomic E-state index is 0.0408. The van der Waals surface area contributed by atoms with E-state index in [2.05, 4.69) is 12.1 Å². The lowest BCUT2D eigenvalue weighted by atomic mass is 9.68. The Bertz CT molecular complexity index is 408. The molecule has 0 spiro atoms. The molecule has 3 heteroatoms. The second-order valence-corrected chi connectivity index (χ2v) is 7.12. The third-order valence-corrected chi connectivity index (χ3v) is 5.40. The Kier molecular flexibility index (Phi) is 8.07. The van der Waals surface area contributed by atoms with E-state index < -0.39 is 0 Å². The van der Waals surface area contributed by atoms with Crippen LogP contribution in [0, 0.1) is 11.3 Å². The first kappa shape index (κ1) is 18.4. The van der Waals surface area contributed by atoms with E-state index in [1.807, 2.05) is 18.2 Å². The average Bonchev–Trinajstić information content (AvgIpc) is 2.61. The zero-order valence-corrected chi connectivity index (χ0v) is 14.3. The van der Waals surface area contributed by atoms with Gasteiger partial charge in [-0.1, -0.05) is 49.6 Å². The van der Waals surface area contributed by atoms with Gasteiger partial charge in [-0.15, -0.1) is 0 Å². The van der Waals surface area contributed by atoms with Gasteiger partial charge in [0.05, 0.1) is 6.61 Å². The molecule has 1 aliphatic carbocycles. The summed E-state index contributed by atoms with van der Waals surface area (Å²) in [5.74, 6) is 0.0408. The predicted molar refractivity (Wildman–Crippen MR) is 93.1 cm³/mol. The van der Waals surface area contributed by atoms with E-state index in [9.17, 15) is 10.2 Å². The van der Waals surface area contributed by atoms with Gasteiger partial charge in [0.2, 0.25) is 0 Å². The zero-order valence-electron chi connectivity index (χ0n) is 14.3. The Morgan fingerprint density at radius 1 is 0.957 bits per heavy atom. The molecule has 2 rings (SSSR count). The molecular weight excluding hydrogens is 288 g/mol. The molecule has 3 nitrogen and oxygen atoms in total. The number of hydrogen-bond donors (Lipinski definition) is 2. The Balaban J connectivity index is 1.78. The molecule has 1 saturated carbocycles. The van der Waals surface area contributed by atoms with Crippen molar-refractivity contribution in [2.24, 2.45) is 11.3 Å². The monoisotopic (exact) mass is 320 g/mol. The van der Waals surface area contributed by atoms with Crippen molar-refractivity contribution in [2.75, 3.05) is 19.8 Å². The molecule has 23 heavy (non-hydrogen) atoms. The molecule has 0 saturated heterocycles. The van der Waals surface area contributed by atoms with E-state index >= 15 is 0 Å². The van der Waals surface area contributed by atoms with E-state index in [-0.39, 0.29) is 19.1 Å². The van der Waals surface area contributed by atoms with Crippen molar-refractivity contribution in [3.63, 3.8) is 0 Å². The van der Waals surface area contributed by atoms with Crippen molar-refractivity contribution in [1.29, 1.82) is 0 Å². The van der Waals surface area contributed by atoms with Gasteiger partial charge in [-0.3, -0.25) is 0 Å². The average molecular weight is 320 g/mol. The Morgan fingerprint density at radius 2 is 1.65 bits per heavy atom. The molecule has 1 fully saturated rings. The summed E-state index contributed by atoms with van der Waals surface area (Å²) in [5, 5.41) is 18.6. The van der Waals surface area contributed by atoms with Crippen LogP contribution in [0.3, 0.4) is 0 Å². The Morgan fingerprint density at radius 3 is 2.30 bits per heavy atom. The summed E-state index contributed by atoms with van der Waals surface area (Å²) in [6.45, 7) is 1.68. The molecule has 0 radical (unpaired) electrons. The van der Waals surface area contributed by atoms with Gasteiger partial charge in [-0.05, 0) is 43.1 Å². The fourth-order valence-corrected chi connectivity index (χ4v) is 3.73. The fourth-order valence-electron chi connectivity index (χ4n) is 3.73. The minimum Gasteiger partial charge on any atom is -0.396 e. The van der Waals surface area contributed by atoms with Crippen molar-refractivity contribution < 1.29 is 14.9 Å². The van der Waals surface area contributed by atoms with Crippen LogP contribution in [-0.2, 0) is 11.3 Å². The van der Waals surface area contributed by atoms with Crippen molar-refractivity contribution >= 4 is 0 Å². The van der Waals surface area contributed by atoms with Crippen LogP contribution < -0.4 is 0 Å². The van der Waals surface area contributed by atoms with Crippen LogP contribution in [-0.4, -0.2) is 30.0 Å². The largest absolute Gasteiger partial charge is 0.396 e. The van der Waals surface area contributed by atoms with Crippen LogP contribution in [0.4, 0.5) is 0 Å². The highest BCUT2D eigenvalue weighted by molar-refractivity contribution is 5.13. The number of benzene rings is 1. The smallest absolute Gasteiger partial charge is 0.0716 e. The van der Waals surface area contributed by atoms with Gasteiger partial charge in [0.15, 0.2) is 0 Å². The maximum atomic E-state index is 9.29.